The van der Waals surface area contributed by atoms with Gasteiger partial charge in [0.2, 0.25) is 0 Å². The van der Waals surface area contributed by atoms with Gasteiger partial charge in [-0.3, -0.25) is 4.79 Å². The van der Waals surface area contributed by atoms with E-state index in [4.69, 9.17) is 17.3 Å². The molecule has 2 rings (SSSR count). The first kappa shape index (κ1) is 11.9. The van der Waals surface area contributed by atoms with Crippen molar-refractivity contribution >= 4 is 40.2 Å². The number of nitrogens with zero attached hydrogens (tertiary/aromatic N) is 1. The fraction of sp³-hybridized carbons (Fsp3) is 0.0909. The molecular weight excluding hydrogens is 258 g/mol. The van der Waals surface area contributed by atoms with Crippen LogP contribution >= 0.6 is 22.9 Å². The van der Waals surface area contributed by atoms with Crippen LogP contribution in [0.25, 0.3) is 0 Å². The molecule has 0 unspecified atom stereocenters. The number of nitrogens with two attached hydrogens (primary N) is 1. The third-order valence-corrected chi connectivity index (χ3v) is 3.12. The molecule has 0 aliphatic rings. The van der Waals surface area contributed by atoms with Gasteiger partial charge in [0.05, 0.1) is 16.4 Å². The molecule has 0 saturated heterocycles. The maximum Gasteiger partial charge on any atom is 0.275 e. The number of thiazole rings is 1. The molecule has 1 amide bonds. The molecule has 88 valence electrons. The van der Waals surface area contributed by atoms with E-state index in [0.717, 1.165) is 5.01 Å². The molecule has 0 radical (unpaired) electrons. The van der Waals surface area contributed by atoms with Crippen molar-refractivity contribution < 1.29 is 4.79 Å². The minimum absolute atomic E-state index is 0.289. The molecule has 1 aromatic heterocycles. The summed E-state index contributed by atoms with van der Waals surface area (Å²) in [6.45, 7) is 1.84. The van der Waals surface area contributed by atoms with E-state index >= 15 is 0 Å². The lowest BCUT2D eigenvalue weighted by atomic mass is 10.2. The molecule has 0 aliphatic heterocycles. The average molecular weight is 268 g/mol. The molecule has 1 aromatic carbocycles. The molecule has 2 aromatic rings. The van der Waals surface area contributed by atoms with E-state index < -0.39 is 0 Å². The summed E-state index contributed by atoms with van der Waals surface area (Å²) in [7, 11) is 0. The Morgan fingerprint density at radius 3 is 2.94 bits per heavy atom. The number of rotatable bonds is 2. The minimum atomic E-state index is -0.289. The second kappa shape index (κ2) is 4.73. The molecular formula is C11H10ClN3OS. The third-order valence-electron chi connectivity index (χ3n) is 2.12. The van der Waals surface area contributed by atoms with Crippen molar-refractivity contribution in [3.63, 3.8) is 0 Å². The van der Waals surface area contributed by atoms with Crippen molar-refractivity contribution in [1.82, 2.24) is 4.98 Å². The molecule has 3 N–H and O–H groups in total. The number of aryl methyl sites for hydroxylation is 1. The van der Waals surface area contributed by atoms with E-state index in [1.54, 1.807) is 23.6 Å². The number of nitrogen functional groups attached to an aromatic ring is 1. The molecule has 1 heterocycles. The van der Waals surface area contributed by atoms with Crippen molar-refractivity contribution in [2.24, 2.45) is 0 Å². The lowest BCUT2D eigenvalue weighted by molar-refractivity contribution is 0.102. The van der Waals surface area contributed by atoms with Crippen molar-refractivity contribution in [3.05, 3.63) is 39.3 Å². The van der Waals surface area contributed by atoms with Crippen LogP contribution in [0.5, 0.6) is 0 Å². The molecule has 6 heteroatoms. The van der Waals surface area contributed by atoms with Crippen LogP contribution in [-0.4, -0.2) is 10.9 Å². The number of nitrogens with one attached hydrogen (secondary N) is 1. The van der Waals surface area contributed by atoms with E-state index in [2.05, 4.69) is 10.3 Å². The predicted molar refractivity (Wildman–Crippen MR) is 70.7 cm³/mol. The summed E-state index contributed by atoms with van der Waals surface area (Å²) >= 11 is 7.25. The number of carbonyl (C=O) groups excluding carboxylic acids is 1. The normalized spacial score (nSPS) is 10.2. The number of halogens is 1. The van der Waals surface area contributed by atoms with Gasteiger partial charge in [0, 0.05) is 10.4 Å². The fourth-order valence-corrected chi connectivity index (χ4v) is 2.06. The highest BCUT2D eigenvalue weighted by atomic mass is 35.5. The van der Waals surface area contributed by atoms with Crippen molar-refractivity contribution in [1.29, 1.82) is 0 Å². The monoisotopic (exact) mass is 267 g/mol. The van der Waals surface area contributed by atoms with E-state index in [1.165, 1.54) is 11.3 Å². The minimum Gasteiger partial charge on any atom is -0.397 e. The average Bonchev–Trinajstić information content (AvgIpc) is 2.70. The lowest BCUT2D eigenvalue weighted by Crippen LogP contribution is -2.13. The predicted octanol–water partition coefficient (Wildman–Crippen LogP) is 2.94. The highest BCUT2D eigenvalue weighted by molar-refractivity contribution is 7.09. The zero-order chi connectivity index (χ0) is 12.4. The Hall–Kier alpha value is -1.59. The van der Waals surface area contributed by atoms with Crippen molar-refractivity contribution in [3.8, 4) is 0 Å². The first-order valence-electron chi connectivity index (χ1n) is 4.85. The second-order valence-corrected chi connectivity index (χ2v) is 4.94. The standard InChI is InChI=1S/C11H10ClN3OS/c1-6-14-10(5-17-6)11(16)15-9-4-7(12)2-3-8(9)13/h2-5H,13H2,1H3,(H,15,16). The van der Waals surface area contributed by atoms with Crippen molar-refractivity contribution in [2.75, 3.05) is 11.1 Å². The van der Waals surface area contributed by atoms with Crippen LogP contribution in [0.2, 0.25) is 5.02 Å². The van der Waals surface area contributed by atoms with Gasteiger partial charge in [-0.1, -0.05) is 11.6 Å². The Morgan fingerprint density at radius 2 is 2.29 bits per heavy atom. The van der Waals surface area contributed by atoms with E-state index in [-0.39, 0.29) is 5.91 Å². The number of amides is 1. The van der Waals surface area contributed by atoms with Crippen LogP contribution in [0.1, 0.15) is 15.5 Å². The number of aromatic nitrogens is 1. The molecule has 0 fully saturated rings. The number of carbonyl (C=O) groups is 1. The van der Waals surface area contributed by atoms with Gasteiger partial charge >= 0.3 is 0 Å². The van der Waals surface area contributed by atoms with E-state index in [0.29, 0.717) is 22.1 Å². The summed E-state index contributed by atoms with van der Waals surface area (Å²) in [5.41, 5.74) is 7.07. The summed E-state index contributed by atoms with van der Waals surface area (Å²) in [6, 6.07) is 4.91. The van der Waals surface area contributed by atoms with Gasteiger partial charge in [-0.2, -0.15) is 0 Å². The lowest BCUT2D eigenvalue weighted by Gasteiger charge is -2.06. The van der Waals surface area contributed by atoms with Crippen LogP contribution in [-0.2, 0) is 0 Å². The van der Waals surface area contributed by atoms with Crippen LogP contribution < -0.4 is 11.1 Å². The topological polar surface area (TPSA) is 68.0 Å². The zero-order valence-corrected chi connectivity index (χ0v) is 10.6. The first-order valence-corrected chi connectivity index (χ1v) is 6.10. The molecule has 0 bridgehead atoms. The van der Waals surface area contributed by atoms with Gasteiger partial charge in [-0.25, -0.2) is 4.98 Å². The van der Waals surface area contributed by atoms with Gasteiger partial charge in [0.1, 0.15) is 5.69 Å². The number of hydrogen-bond donors (Lipinski definition) is 2. The third kappa shape index (κ3) is 2.75. The summed E-state index contributed by atoms with van der Waals surface area (Å²) in [5, 5.41) is 5.74. The number of benzene rings is 1. The van der Waals surface area contributed by atoms with E-state index in [9.17, 15) is 4.79 Å². The van der Waals surface area contributed by atoms with Gasteiger partial charge < -0.3 is 11.1 Å². The van der Waals surface area contributed by atoms with Gasteiger partial charge in [-0.15, -0.1) is 11.3 Å². The van der Waals surface area contributed by atoms with Crippen LogP contribution in [0.4, 0.5) is 11.4 Å². The second-order valence-electron chi connectivity index (χ2n) is 3.44. The molecule has 0 spiro atoms. The summed E-state index contributed by atoms with van der Waals surface area (Å²) in [5.74, 6) is -0.289. The highest BCUT2D eigenvalue weighted by Crippen LogP contribution is 2.23. The molecule has 17 heavy (non-hydrogen) atoms. The SMILES string of the molecule is Cc1nc(C(=O)Nc2cc(Cl)ccc2N)cs1. The highest BCUT2D eigenvalue weighted by Gasteiger charge is 2.11. The Balaban J connectivity index is 2.21. The Labute approximate surface area is 107 Å². The summed E-state index contributed by atoms with van der Waals surface area (Å²) in [6.07, 6.45) is 0. The van der Waals surface area contributed by atoms with Crippen LogP contribution in [0.15, 0.2) is 23.6 Å². The molecule has 0 aliphatic carbocycles. The van der Waals surface area contributed by atoms with Gasteiger partial charge in [-0.05, 0) is 25.1 Å². The smallest absolute Gasteiger partial charge is 0.275 e. The van der Waals surface area contributed by atoms with Crippen LogP contribution in [0, 0.1) is 6.92 Å². The molecule has 0 atom stereocenters. The molecule has 0 saturated carbocycles. The Morgan fingerprint density at radius 1 is 1.53 bits per heavy atom. The maximum atomic E-state index is 11.8. The molecule has 4 nitrogen and oxygen atoms in total. The number of hydrogen-bond acceptors (Lipinski definition) is 4. The number of anilines is 2. The zero-order valence-electron chi connectivity index (χ0n) is 9.03. The van der Waals surface area contributed by atoms with E-state index in [1.807, 2.05) is 6.92 Å². The fourth-order valence-electron chi connectivity index (χ4n) is 1.29. The quantitative estimate of drug-likeness (QED) is 0.822. The largest absolute Gasteiger partial charge is 0.397 e. The summed E-state index contributed by atoms with van der Waals surface area (Å²) < 4.78 is 0. The van der Waals surface area contributed by atoms with Crippen molar-refractivity contribution in [2.45, 2.75) is 6.92 Å². The Kier molecular flexibility index (Phi) is 3.31. The Bertz CT molecular complexity index is 568. The van der Waals surface area contributed by atoms with Gasteiger partial charge in [0.15, 0.2) is 0 Å². The maximum absolute atomic E-state index is 11.8. The first-order chi connectivity index (χ1) is 8.06. The summed E-state index contributed by atoms with van der Waals surface area (Å²) in [4.78, 5) is 15.9. The van der Waals surface area contributed by atoms with Gasteiger partial charge in [0.25, 0.3) is 5.91 Å². The van der Waals surface area contributed by atoms with Crippen LogP contribution in [0.3, 0.4) is 0 Å².